The lowest BCUT2D eigenvalue weighted by Crippen LogP contribution is -2.18. The first-order valence-corrected chi connectivity index (χ1v) is 5.19. The number of ether oxygens (including phenoxy) is 1. The molecule has 0 aliphatic rings. The van der Waals surface area contributed by atoms with Gasteiger partial charge in [-0.3, -0.25) is 4.68 Å². The molecule has 6 heteroatoms. The highest BCUT2D eigenvalue weighted by atomic mass is 19.3. The van der Waals surface area contributed by atoms with Crippen LogP contribution in [0.25, 0.3) is 0 Å². The maximum absolute atomic E-state index is 12.1. The summed E-state index contributed by atoms with van der Waals surface area (Å²) in [5.41, 5.74) is 0. The summed E-state index contributed by atoms with van der Waals surface area (Å²) in [7, 11) is 1.64. The molecule has 4 nitrogen and oxygen atoms in total. The van der Waals surface area contributed by atoms with Crippen LogP contribution in [0, 0.1) is 0 Å². The minimum atomic E-state index is -2.38. The van der Waals surface area contributed by atoms with E-state index < -0.39 is 6.43 Å². The highest BCUT2D eigenvalue weighted by Crippen LogP contribution is 2.07. The predicted octanol–water partition coefficient (Wildman–Crippen LogP) is 1.99. The van der Waals surface area contributed by atoms with Crippen molar-refractivity contribution in [1.29, 1.82) is 0 Å². The number of hydrogen-bond acceptors (Lipinski definition) is 3. The van der Waals surface area contributed by atoms with E-state index in [4.69, 9.17) is 4.74 Å². The molecule has 0 aliphatic carbocycles. The van der Waals surface area contributed by atoms with Crippen LogP contribution in [0.15, 0.2) is 12.3 Å². The van der Waals surface area contributed by atoms with Crippen molar-refractivity contribution in [3.8, 4) is 0 Å². The molecule has 1 N–H and O–H groups in total. The summed E-state index contributed by atoms with van der Waals surface area (Å²) in [6.45, 7) is 2.28. The molecule has 0 amide bonds. The Kier molecular flexibility index (Phi) is 5.18. The molecular weight excluding hydrogens is 216 g/mol. The van der Waals surface area contributed by atoms with Crippen molar-refractivity contribution in [2.75, 3.05) is 19.0 Å². The highest BCUT2D eigenvalue weighted by molar-refractivity contribution is 5.33. The van der Waals surface area contributed by atoms with Crippen LogP contribution >= 0.6 is 0 Å². The fraction of sp³-hybridized carbons (Fsp3) is 0.700. The van der Waals surface area contributed by atoms with Crippen molar-refractivity contribution < 1.29 is 13.5 Å². The fourth-order valence-electron chi connectivity index (χ4n) is 1.30. The molecule has 0 fully saturated rings. The fourth-order valence-corrected chi connectivity index (χ4v) is 1.30. The summed E-state index contributed by atoms with van der Waals surface area (Å²) in [5, 5.41) is 7.10. The van der Waals surface area contributed by atoms with E-state index >= 15 is 0 Å². The quantitative estimate of drug-likeness (QED) is 0.782. The van der Waals surface area contributed by atoms with Gasteiger partial charge in [0.2, 0.25) is 0 Å². The van der Waals surface area contributed by atoms with Crippen molar-refractivity contribution in [2.24, 2.45) is 0 Å². The standard InChI is InChI=1S/C10H17F2N3O/c1-8(4-6-16-2)13-10-3-5-15(14-10)7-9(11)12/h3,5,8-9H,4,6-7H2,1-2H3,(H,13,14). The van der Waals surface area contributed by atoms with Gasteiger partial charge in [-0.2, -0.15) is 5.10 Å². The molecule has 1 atom stereocenters. The summed E-state index contributed by atoms with van der Waals surface area (Å²) >= 11 is 0. The summed E-state index contributed by atoms with van der Waals surface area (Å²) in [4.78, 5) is 0. The topological polar surface area (TPSA) is 39.1 Å². The van der Waals surface area contributed by atoms with Crippen LogP contribution < -0.4 is 5.32 Å². The lowest BCUT2D eigenvalue weighted by atomic mass is 10.2. The third-order valence-electron chi connectivity index (χ3n) is 2.12. The number of halogens is 2. The largest absolute Gasteiger partial charge is 0.385 e. The monoisotopic (exact) mass is 233 g/mol. The van der Waals surface area contributed by atoms with Crippen molar-refractivity contribution >= 4 is 5.82 Å². The van der Waals surface area contributed by atoms with Gasteiger partial charge < -0.3 is 10.1 Å². The van der Waals surface area contributed by atoms with Crippen LogP contribution in [0.5, 0.6) is 0 Å². The molecule has 0 saturated heterocycles. The van der Waals surface area contributed by atoms with Gasteiger partial charge in [0.1, 0.15) is 12.4 Å². The van der Waals surface area contributed by atoms with Crippen LogP contribution in [0.4, 0.5) is 14.6 Å². The average molecular weight is 233 g/mol. The Morgan fingerprint density at radius 2 is 2.31 bits per heavy atom. The summed E-state index contributed by atoms with van der Waals surface area (Å²) in [6, 6.07) is 1.89. The molecule has 0 spiro atoms. The first kappa shape index (κ1) is 12.9. The predicted molar refractivity (Wildman–Crippen MR) is 57.8 cm³/mol. The first-order chi connectivity index (χ1) is 7.61. The van der Waals surface area contributed by atoms with E-state index in [1.807, 2.05) is 6.92 Å². The Labute approximate surface area is 93.6 Å². The van der Waals surface area contributed by atoms with E-state index in [9.17, 15) is 8.78 Å². The Balaban J connectivity index is 2.39. The lowest BCUT2D eigenvalue weighted by molar-refractivity contribution is 0.122. The van der Waals surface area contributed by atoms with Gasteiger partial charge in [0.25, 0.3) is 6.43 Å². The summed E-state index contributed by atoms with van der Waals surface area (Å²) < 4.78 is 30.3. The molecular formula is C10H17F2N3O. The summed E-state index contributed by atoms with van der Waals surface area (Å²) in [5.74, 6) is 0.615. The van der Waals surface area contributed by atoms with Gasteiger partial charge in [-0.05, 0) is 13.3 Å². The van der Waals surface area contributed by atoms with Gasteiger partial charge in [-0.15, -0.1) is 0 Å². The molecule has 0 saturated carbocycles. The number of aromatic nitrogens is 2. The van der Waals surface area contributed by atoms with Gasteiger partial charge in [0, 0.05) is 32.0 Å². The second-order valence-electron chi connectivity index (χ2n) is 3.64. The maximum Gasteiger partial charge on any atom is 0.257 e. The van der Waals surface area contributed by atoms with Crippen LogP contribution in [-0.4, -0.2) is 36.0 Å². The van der Waals surface area contributed by atoms with E-state index in [1.54, 1.807) is 13.2 Å². The smallest absolute Gasteiger partial charge is 0.257 e. The average Bonchev–Trinajstić information content (AvgIpc) is 2.61. The van der Waals surface area contributed by atoms with Crippen molar-refractivity contribution in [1.82, 2.24) is 9.78 Å². The zero-order chi connectivity index (χ0) is 12.0. The van der Waals surface area contributed by atoms with E-state index in [-0.39, 0.29) is 12.6 Å². The number of nitrogens with zero attached hydrogens (tertiary/aromatic N) is 2. The second-order valence-corrected chi connectivity index (χ2v) is 3.64. The van der Waals surface area contributed by atoms with Gasteiger partial charge in [-0.1, -0.05) is 0 Å². The van der Waals surface area contributed by atoms with Crippen molar-refractivity contribution in [3.05, 3.63) is 12.3 Å². The molecule has 16 heavy (non-hydrogen) atoms. The van der Waals surface area contributed by atoms with Crippen LogP contribution in [-0.2, 0) is 11.3 Å². The molecule has 1 unspecified atom stereocenters. The van der Waals surface area contributed by atoms with E-state index in [0.717, 1.165) is 6.42 Å². The first-order valence-electron chi connectivity index (χ1n) is 5.19. The maximum atomic E-state index is 12.1. The molecule has 92 valence electrons. The van der Waals surface area contributed by atoms with E-state index in [1.165, 1.54) is 10.9 Å². The molecule has 0 radical (unpaired) electrons. The lowest BCUT2D eigenvalue weighted by Gasteiger charge is -2.11. The van der Waals surface area contributed by atoms with E-state index in [0.29, 0.717) is 12.4 Å². The number of alkyl halides is 2. The van der Waals surface area contributed by atoms with Crippen LogP contribution in [0.2, 0.25) is 0 Å². The number of rotatable bonds is 7. The van der Waals surface area contributed by atoms with Crippen molar-refractivity contribution in [2.45, 2.75) is 32.4 Å². The molecule has 0 aromatic carbocycles. The molecule has 1 rings (SSSR count). The number of anilines is 1. The number of nitrogens with one attached hydrogen (secondary N) is 1. The third kappa shape index (κ3) is 4.57. The van der Waals surface area contributed by atoms with Gasteiger partial charge >= 0.3 is 0 Å². The zero-order valence-corrected chi connectivity index (χ0v) is 9.49. The Hall–Kier alpha value is -1.17. The zero-order valence-electron chi connectivity index (χ0n) is 9.49. The van der Waals surface area contributed by atoms with Gasteiger partial charge in [0.05, 0.1) is 0 Å². The molecule has 1 aromatic heterocycles. The van der Waals surface area contributed by atoms with E-state index in [2.05, 4.69) is 10.4 Å². The second kappa shape index (κ2) is 6.42. The molecule has 0 aliphatic heterocycles. The number of methoxy groups -OCH3 is 1. The molecule has 0 bridgehead atoms. The Bertz CT molecular complexity index is 304. The summed E-state index contributed by atoms with van der Waals surface area (Å²) in [6.07, 6.45) is 0.00843. The minimum absolute atomic E-state index is 0.204. The SMILES string of the molecule is COCCC(C)Nc1ccn(CC(F)F)n1. The van der Waals surface area contributed by atoms with Gasteiger partial charge in [-0.25, -0.2) is 8.78 Å². The minimum Gasteiger partial charge on any atom is -0.385 e. The highest BCUT2D eigenvalue weighted by Gasteiger charge is 2.07. The molecule has 1 heterocycles. The van der Waals surface area contributed by atoms with Crippen LogP contribution in [0.3, 0.4) is 0 Å². The Morgan fingerprint density at radius 3 is 2.94 bits per heavy atom. The number of hydrogen-bond donors (Lipinski definition) is 1. The Morgan fingerprint density at radius 1 is 1.56 bits per heavy atom. The third-order valence-corrected chi connectivity index (χ3v) is 2.12. The van der Waals surface area contributed by atoms with Crippen LogP contribution in [0.1, 0.15) is 13.3 Å². The van der Waals surface area contributed by atoms with Gasteiger partial charge in [0.15, 0.2) is 0 Å². The molecule has 1 aromatic rings. The van der Waals surface area contributed by atoms with Crippen molar-refractivity contribution in [3.63, 3.8) is 0 Å². The normalized spacial score (nSPS) is 13.1.